The first-order chi connectivity index (χ1) is 12.8. The van der Waals surface area contributed by atoms with Crippen molar-refractivity contribution < 1.29 is 14.3 Å². The third-order valence-corrected chi connectivity index (χ3v) is 7.43. The molecule has 0 bridgehead atoms. The van der Waals surface area contributed by atoms with Crippen LogP contribution in [-0.4, -0.2) is 36.5 Å². The Morgan fingerprint density at radius 1 is 1.11 bits per heavy atom. The number of hydrogen-bond acceptors (Lipinski definition) is 3. The lowest BCUT2D eigenvalue weighted by molar-refractivity contribution is -0.143. The minimum absolute atomic E-state index is 0.0165. The van der Waals surface area contributed by atoms with E-state index in [1.807, 2.05) is 0 Å². The number of amides is 1. The Morgan fingerprint density at radius 3 is 2.26 bits per heavy atom. The van der Waals surface area contributed by atoms with E-state index < -0.39 is 0 Å². The maximum Gasteiger partial charge on any atom is 0.306 e. The Labute approximate surface area is 161 Å². The van der Waals surface area contributed by atoms with E-state index in [1.165, 1.54) is 11.1 Å². The van der Waals surface area contributed by atoms with Crippen LogP contribution < -0.4 is 0 Å². The van der Waals surface area contributed by atoms with E-state index in [4.69, 9.17) is 4.74 Å². The quantitative estimate of drug-likeness (QED) is 0.752. The van der Waals surface area contributed by atoms with Gasteiger partial charge >= 0.3 is 5.97 Å². The summed E-state index contributed by atoms with van der Waals surface area (Å²) in [7, 11) is 0. The number of hydrogen-bond donors (Lipinski definition) is 0. The van der Waals surface area contributed by atoms with Gasteiger partial charge in [-0.1, -0.05) is 45.0 Å². The molecule has 3 atom stereocenters. The number of fused-ring (bicyclic) bond motifs is 1. The van der Waals surface area contributed by atoms with Gasteiger partial charge in [0, 0.05) is 24.4 Å². The minimum Gasteiger partial charge on any atom is -0.465 e. The standard InChI is InChI=1S/C23H29NO3/c1-22(2,3)16-6-4-14(5-7-16)20-17-11-24(12-18(17)20)21(26)15-8-23(9-15)10-19(25)27-13-23/h4-7,15,17-18,20H,8-13H2,1-3H3/t15?,17-,18+,20?,23?. The number of nitrogens with zero attached hydrogens (tertiary/aromatic N) is 1. The average Bonchev–Trinajstić information content (AvgIpc) is 2.93. The van der Waals surface area contributed by atoms with Crippen LogP contribution in [0.3, 0.4) is 0 Å². The summed E-state index contributed by atoms with van der Waals surface area (Å²) in [6.07, 6.45) is 2.18. The maximum absolute atomic E-state index is 12.8. The molecule has 0 N–H and O–H groups in total. The molecule has 4 nitrogen and oxygen atoms in total. The third-order valence-electron chi connectivity index (χ3n) is 7.43. The second-order valence-electron chi connectivity index (χ2n) is 10.4. The van der Waals surface area contributed by atoms with Gasteiger partial charge in [0.05, 0.1) is 13.0 Å². The fourth-order valence-corrected chi connectivity index (χ4v) is 5.73. The number of carbonyl (C=O) groups is 2. The molecule has 0 aromatic heterocycles. The number of cyclic esters (lactones) is 1. The number of carbonyl (C=O) groups excluding carboxylic acids is 2. The van der Waals surface area contributed by atoms with Crippen molar-refractivity contribution in [2.75, 3.05) is 19.7 Å². The van der Waals surface area contributed by atoms with Crippen molar-refractivity contribution in [3.8, 4) is 0 Å². The summed E-state index contributed by atoms with van der Waals surface area (Å²) in [6, 6.07) is 9.13. The molecule has 144 valence electrons. The monoisotopic (exact) mass is 367 g/mol. The van der Waals surface area contributed by atoms with Crippen LogP contribution in [0.15, 0.2) is 24.3 Å². The maximum atomic E-state index is 12.8. The summed E-state index contributed by atoms with van der Waals surface area (Å²) in [5.41, 5.74) is 2.99. The summed E-state index contributed by atoms with van der Waals surface area (Å²) in [5, 5.41) is 0. The fourth-order valence-electron chi connectivity index (χ4n) is 5.73. The number of ether oxygens (including phenoxy) is 1. The van der Waals surface area contributed by atoms with Crippen molar-refractivity contribution in [1.29, 1.82) is 0 Å². The summed E-state index contributed by atoms with van der Waals surface area (Å²) in [4.78, 5) is 26.3. The van der Waals surface area contributed by atoms with Crippen LogP contribution in [0.25, 0.3) is 0 Å². The second-order valence-corrected chi connectivity index (χ2v) is 10.4. The van der Waals surface area contributed by atoms with Gasteiger partial charge in [0.1, 0.15) is 0 Å². The van der Waals surface area contributed by atoms with Gasteiger partial charge < -0.3 is 9.64 Å². The summed E-state index contributed by atoms with van der Waals surface area (Å²) >= 11 is 0. The molecule has 1 aromatic carbocycles. The molecular formula is C23H29NO3. The van der Waals surface area contributed by atoms with Crippen molar-refractivity contribution in [2.24, 2.45) is 23.2 Å². The SMILES string of the molecule is CC(C)(C)c1ccc(C2[C@H]3CN(C(=O)C4CC5(COC(=O)C5)C4)C[C@@H]23)cc1. The summed E-state index contributed by atoms with van der Waals surface area (Å²) in [6.45, 7) is 9.08. The van der Waals surface area contributed by atoms with E-state index in [2.05, 4.69) is 49.9 Å². The molecule has 2 saturated carbocycles. The fraction of sp³-hybridized carbons (Fsp3) is 0.652. The molecule has 4 fully saturated rings. The zero-order chi connectivity index (χ0) is 19.0. The lowest BCUT2D eigenvalue weighted by Crippen LogP contribution is -2.47. The Morgan fingerprint density at radius 2 is 1.74 bits per heavy atom. The molecule has 4 heteroatoms. The van der Waals surface area contributed by atoms with Gasteiger partial charge in [0.15, 0.2) is 0 Å². The van der Waals surface area contributed by atoms with E-state index in [0.717, 1.165) is 25.9 Å². The lowest BCUT2D eigenvalue weighted by atomic mass is 9.61. The lowest BCUT2D eigenvalue weighted by Gasteiger charge is -2.43. The van der Waals surface area contributed by atoms with Gasteiger partial charge in [0.2, 0.25) is 5.91 Å². The van der Waals surface area contributed by atoms with Gasteiger partial charge in [0.25, 0.3) is 0 Å². The Balaban J connectivity index is 1.16. The van der Waals surface area contributed by atoms with Gasteiger partial charge in [-0.25, -0.2) is 0 Å². The molecule has 1 amide bonds. The number of rotatable bonds is 2. The molecule has 2 heterocycles. The molecule has 1 aromatic rings. The van der Waals surface area contributed by atoms with Crippen LogP contribution in [0.4, 0.5) is 0 Å². The van der Waals surface area contributed by atoms with Crippen molar-refractivity contribution in [3.05, 3.63) is 35.4 Å². The molecule has 4 aliphatic rings. The van der Waals surface area contributed by atoms with E-state index in [9.17, 15) is 9.59 Å². The Kier molecular flexibility index (Phi) is 3.57. The first-order valence-electron chi connectivity index (χ1n) is 10.3. The van der Waals surface area contributed by atoms with Gasteiger partial charge in [-0.3, -0.25) is 9.59 Å². The highest BCUT2D eigenvalue weighted by atomic mass is 16.5. The van der Waals surface area contributed by atoms with Crippen molar-refractivity contribution in [1.82, 2.24) is 4.90 Å². The largest absolute Gasteiger partial charge is 0.465 e. The van der Waals surface area contributed by atoms with E-state index in [1.54, 1.807) is 0 Å². The van der Waals surface area contributed by atoms with Crippen molar-refractivity contribution in [2.45, 2.75) is 51.4 Å². The Hall–Kier alpha value is -1.84. The second kappa shape index (κ2) is 5.59. The molecule has 2 aliphatic heterocycles. The number of benzene rings is 1. The topological polar surface area (TPSA) is 46.6 Å². The number of esters is 1. The van der Waals surface area contributed by atoms with E-state index in [-0.39, 0.29) is 22.7 Å². The van der Waals surface area contributed by atoms with Crippen LogP contribution in [0.5, 0.6) is 0 Å². The van der Waals surface area contributed by atoms with Crippen LogP contribution in [-0.2, 0) is 19.7 Å². The minimum atomic E-state index is -0.0939. The first kappa shape index (κ1) is 17.3. The zero-order valence-corrected chi connectivity index (χ0v) is 16.5. The predicted octanol–water partition coefficient (Wildman–Crippen LogP) is 3.50. The first-order valence-corrected chi connectivity index (χ1v) is 10.3. The predicted molar refractivity (Wildman–Crippen MR) is 102 cm³/mol. The highest BCUT2D eigenvalue weighted by molar-refractivity contribution is 5.82. The van der Waals surface area contributed by atoms with Gasteiger partial charge in [-0.15, -0.1) is 0 Å². The van der Waals surface area contributed by atoms with E-state index >= 15 is 0 Å². The zero-order valence-electron chi connectivity index (χ0n) is 16.5. The highest BCUT2D eigenvalue weighted by Crippen LogP contribution is 2.59. The smallest absolute Gasteiger partial charge is 0.306 e. The van der Waals surface area contributed by atoms with Crippen molar-refractivity contribution >= 4 is 11.9 Å². The molecule has 5 rings (SSSR count). The highest BCUT2D eigenvalue weighted by Gasteiger charge is 2.59. The van der Waals surface area contributed by atoms with Crippen LogP contribution in [0, 0.1) is 23.2 Å². The van der Waals surface area contributed by atoms with Crippen molar-refractivity contribution in [3.63, 3.8) is 0 Å². The van der Waals surface area contributed by atoms with Crippen LogP contribution in [0.1, 0.15) is 57.1 Å². The van der Waals surface area contributed by atoms with Gasteiger partial charge in [-0.05, 0) is 47.1 Å². The number of likely N-dealkylation sites (tertiary alicyclic amines) is 1. The molecular weight excluding hydrogens is 338 g/mol. The average molecular weight is 367 g/mol. The molecule has 2 aliphatic carbocycles. The van der Waals surface area contributed by atoms with E-state index in [0.29, 0.717) is 36.7 Å². The molecule has 0 radical (unpaired) electrons. The van der Waals surface area contributed by atoms with Crippen LogP contribution in [0.2, 0.25) is 0 Å². The summed E-state index contributed by atoms with van der Waals surface area (Å²) < 4.78 is 5.12. The molecule has 2 saturated heterocycles. The molecule has 1 unspecified atom stereocenters. The molecule has 27 heavy (non-hydrogen) atoms. The van der Waals surface area contributed by atoms with Crippen LogP contribution >= 0.6 is 0 Å². The Bertz CT molecular complexity index is 773. The van der Waals surface area contributed by atoms with Gasteiger partial charge in [-0.2, -0.15) is 0 Å². The summed E-state index contributed by atoms with van der Waals surface area (Å²) in [5.74, 6) is 2.25. The number of piperidine rings is 1. The third kappa shape index (κ3) is 2.79. The normalized spacial score (nSPS) is 37.1. The molecule has 1 spiro atoms.